The number of pyridine rings is 2. The van der Waals surface area contributed by atoms with Crippen molar-refractivity contribution in [3.05, 3.63) is 139 Å². The smallest absolute Gasteiger partial charge is 0.410 e. The highest BCUT2D eigenvalue weighted by Gasteiger charge is 2.32. The number of nitrogens with zero attached hydrogens (tertiary/aromatic N) is 5. The van der Waals surface area contributed by atoms with Crippen LogP contribution >= 0.6 is 0 Å². The van der Waals surface area contributed by atoms with Crippen LogP contribution < -0.4 is 35.4 Å². The summed E-state index contributed by atoms with van der Waals surface area (Å²) >= 11 is 0. The summed E-state index contributed by atoms with van der Waals surface area (Å²) in [5.74, 6) is 2.05. The normalized spacial score (nSPS) is 16.0. The third kappa shape index (κ3) is 13.9. The van der Waals surface area contributed by atoms with E-state index in [-0.39, 0.29) is 28.8 Å². The van der Waals surface area contributed by atoms with E-state index in [1.807, 2.05) is 100 Å². The number of fused-ring (bicyclic) bond motifs is 4. The van der Waals surface area contributed by atoms with Crippen molar-refractivity contribution in [1.82, 2.24) is 29.2 Å². The van der Waals surface area contributed by atoms with Gasteiger partial charge in [-0.3, -0.25) is 9.59 Å². The van der Waals surface area contributed by atoms with Crippen LogP contribution in [0.3, 0.4) is 0 Å². The first-order chi connectivity index (χ1) is 38.0. The van der Waals surface area contributed by atoms with Crippen LogP contribution in [0.5, 0.6) is 23.0 Å². The summed E-state index contributed by atoms with van der Waals surface area (Å²) in [6.07, 6.45) is 3.33. The first-order valence-electron chi connectivity index (χ1n) is 27.4. The van der Waals surface area contributed by atoms with Gasteiger partial charge in [0.15, 0.2) is 23.0 Å². The lowest BCUT2D eigenvalue weighted by Gasteiger charge is -2.39. The minimum Gasteiger partial charge on any atom is -0.486 e. The minimum absolute atomic E-state index is 0.00448. The van der Waals surface area contributed by atoms with Crippen molar-refractivity contribution in [2.45, 2.75) is 104 Å². The minimum atomic E-state index is -0.610. The molecule has 0 unspecified atom stereocenters. The first-order valence-corrected chi connectivity index (χ1v) is 27.4. The van der Waals surface area contributed by atoms with Gasteiger partial charge < -0.3 is 62.3 Å². The van der Waals surface area contributed by atoms with E-state index in [1.165, 1.54) is 31.9 Å². The van der Waals surface area contributed by atoms with Gasteiger partial charge in [-0.15, -0.1) is 0 Å². The number of amides is 1. The number of hydrogen-bond acceptors (Lipinski definition) is 15. The lowest BCUT2D eigenvalue weighted by molar-refractivity contribution is 0.00559. The molecule has 79 heavy (non-hydrogen) atoms. The molecule has 0 saturated carbocycles. The van der Waals surface area contributed by atoms with Crippen molar-refractivity contribution < 1.29 is 47.5 Å². The standard InChI is InChI=1S/C33H41N3O7.C28H33N3O5/c1-22-6-8-25-26(31(38)40-5)20-30(37)35(27(25)18-22)15-14-34-12-10-24(11-13-34)36(32(39)43-33(2,3)4)21-23-7-9-28-29(19-23)42-17-16-41-28;1-19-3-5-22-23(28(33)34-2)17-27(32)31(24(22)15-19)12-11-30-9-7-21(8-10-30)29-18-20-4-6-25-26(16-20)36-14-13-35-25/h6-9,18-20,24H,10-17,21H2,1-5H3;3-6,15-17,21,29H,7-14,18H2,1-2H3. The summed E-state index contributed by atoms with van der Waals surface area (Å²) in [7, 11) is 2.65. The van der Waals surface area contributed by atoms with Gasteiger partial charge in [0, 0.05) is 87.3 Å². The molecule has 0 radical (unpaired) electrons. The fourth-order valence-corrected chi connectivity index (χ4v) is 10.8. The quantitative estimate of drug-likeness (QED) is 0.0821. The zero-order valence-corrected chi connectivity index (χ0v) is 46.6. The Morgan fingerprint density at radius 3 is 1.52 bits per heavy atom. The zero-order chi connectivity index (χ0) is 55.8. The molecule has 10 rings (SSSR count). The molecular weight excluding hydrogens is 1010 g/mol. The Morgan fingerprint density at radius 2 is 1.04 bits per heavy atom. The van der Waals surface area contributed by atoms with E-state index in [0.29, 0.717) is 81.1 Å². The number of benzene rings is 4. The average Bonchev–Trinajstić information content (AvgIpc) is 3.55. The van der Waals surface area contributed by atoms with Gasteiger partial charge >= 0.3 is 18.0 Å². The number of aromatic nitrogens is 2. The molecule has 2 saturated heterocycles. The number of carbonyl (C=O) groups excluding carboxylic acids is 3. The summed E-state index contributed by atoms with van der Waals surface area (Å²) in [6, 6.07) is 26.7. The number of hydrogen-bond donors (Lipinski definition) is 1. The Hall–Kier alpha value is -7.41. The molecule has 2 fully saturated rings. The summed E-state index contributed by atoms with van der Waals surface area (Å²) in [4.78, 5) is 70.6. The van der Waals surface area contributed by atoms with Gasteiger partial charge in [0.25, 0.3) is 11.1 Å². The van der Waals surface area contributed by atoms with E-state index < -0.39 is 17.5 Å². The Balaban J connectivity index is 0.000000195. The first kappa shape index (κ1) is 56.3. The zero-order valence-electron chi connectivity index (χ0n) is 46.6. The van der Waals surface area contributed by atoms with Crippen LogP contribution in [0.1, 0.15) is 89.4 Å². The van der Waals surface area contributed by atoms with Crippen LogP contribution in [0.15, 0.2) is 94.5 Å². The van der Waals surface area contributed by atoms with Crippen molar-refractivity contribution in [1.29, 1.82) is 0 Å². The fourth-order valence-electron chi connectivity index (χ4n) is 10.8. The molecule has 0 aliphatic carbocycles. The molecule has 18 nitrogen and oxygen atoms in total. The Kier molecular flexibility index (Phi) is 17.9. The van der Waals surface area contributed by atoms with E-state index in [0.717, 1.165) is 110 Å². The number of nitrogens with one attached hydrogen (secondary N) is 1. The van der Waals surface area contributed by atoms with Crippen molar-refractivity contribution in [3.63, 3.8) is 0 Å². The molecule has 1 N–H and O–H groups in total. The van der Waals surface area contributed by atoms with E-state index in [4.69, 9.17) is 33.2 Å². The van der Waals surface area contributed by atoms with Crippen molar-refractivity contribution in [2.24, 2.45) is 0 Å². The van der Waals surface area contributed by atoms with Gasteiger partial charge in [-0.05, 0) is 132 Å². The largest absolute Gasteiger partial charge is 0.486 e. The van der Waals surface area contributed by atoms with Crippen LogP contribution in [0.25, 0.3) is 21.8 Å². The molecule has 18 heteroatoms. The van der Waals surface area contributed by atoms with Crippen LogP contribution in [-0.2, 0) is 40.4 Å². The predicted octanol–water partition coefficient (Wildman–Crippen LogP) is 7.89. The van der Waals surface area contributed by atoms with Gasteiger partial charge in [0.2, 0.25) is 0 Å². The topological polar surface area (TPSA) is 182 Å². The predicted molar refractivity (Wildman–Crippen MR) is 301 cm³/mol. The number of esters is 2. The van der Waals surface area contributed by atoms with E-state index in [2.05, 4.69) is 27.2 Å². The maximum absolute atomic E-state index is 13.4. The molecule has 4 aromatic carbocycles. The second-order valence-corrected chi connectivity index (χ2v) is 21.8. The van der Waals surface area contributed by atoms with E-state index >= 15 is 0 Å². The molecule has 6 aromatic rings. The molecule has 0 bridgehead atoms. The summed E-state index contributed by atoms with van der Waals surface area (Å²) < 4.78 is 41.9. The second-order valence-electron chi connectivity index (χ2n) is 21.8. The van der Waals surface area contributed by atoms with Gasteiger partial charge in [-0.2, -0.15) is 0 Å². The van der Waals surface area contributed by atoms with Gasteiger partial charge in [0.1, 0.15) is 32.0 Å². The van der Waals surface area contributed by atoms with Gasteiger partial charge in [-0.25, -0.2) is 14.4 Å². The number of likely N-dealkylation sites (tertiary alicyclic amines) is 2. The van der Waals surface area contributed by atoms with Crippen LogP contribution in [0.4, 0.5) is 4.79 Å². The average molecular weight is 1080 g/mol. The number of piperidine rings is 2. The third-order valence-corrected chi connectivity index (χ3v) is 15.0. The van der Waals surface area contributed by atoms with Crippen LogP contribution in [-0.4, -0.2) is 139 Å². The number of methoxy groups -OCH3 is 2. The van der Waals surface area contributed by atoms with Gasteiger partial charge in [0.05, 0.1) is 36.4 Å². The molecule has 4 aliphatic rings. The molecule has 0 spiro atoms. The maximum atomic E-state index is 13.4. The lowest BCUT2D eigenvalue weighted by atomic mass is 10.0. The molecule has 0 atom stereocenters. The van der Waals surface area contributed by atoms with Crippen molar-refractivity contribution in [2.75, 3.05) is 79.9 Å². The molecule has 4 aliphatic heterocycles. The lowest BCUT2D eigenvalue weighted by Crippen LogP contribution is -2.49. The monoisotopic (exact) mass is 1080 g/mol. The van der Waals surface area contributed by atoms with E-state index in [9.17, 15) is 24.0 Å². The van der Waals surface area contributed by atoms with Gasteiger partial charge in [-0.1, -0.05) is 36.4 Å². The van der Waals surface area contributed by atoms with E-state index in [1.54, 1.807) is 9.13 Å². The third-order valence-electron chi connectivity index (χ3n) is 15.0. The molecular formula is C61H74N6O12. The highest BCUT2D eigenvalue weighted by molar-refractivity contribution is 6.04. The van der Waals surface area contributed by atoms with Crippen molar-refractivity contribution in [3.8, 4) is 23.0 Å². The second kappa shape index (κ2) is 25.1. The molecule has 420 valence electrons. The van der Waals surface area contributed by atoms with Crippen LogP contribution in [0.2, 0.25) is 0 Å². The molecule has 1 amide bonds. The van der Waals surface area contributed by atoms with Crippen molar-refractivity contribution >= 4 is 39.8 Å². The highest BCUT2D eigenvalue weighted by Crippen LogP contribution is 2.33. The van der Waals surface area contributed by atoms with Crippen LogP contribution in [0, 0.1) is 13.8 Å². The highest BCUT2D eigenvalue weighted by atomic mass is 16.6. The summed E-state index contributed by atoms with van der Waals surface area (Å²) in [6.45, 7) is 19.0. The summed E-state index contributed by atoms with van der Waals surface area (Å²) in [5, 5.41) is 5.12. The summed E-state index contributed by atoms with van der Waals surface area (Å²) in [5.41, 5.74) is 5.27. The maximum Gasteiger partial charge on any atom is 0.410 e. The Bertz CT molecular complexity index is 3300. The number of ether oxygens (including phenoxy) is 7. The number of rotatable bonds is 14. The molecule has 2 aromatic heterocycles. The number of carbonyl (C=O) groups is 3. The number of aryl methyl sites for hydroxylation is 2. The Labute approximate surface area is 461 Å². The SMILES string of the molecule is COC(=O)c1cc(=O)n(CCN2CCC(N(Cc3ccc4c(c3)OCCO4)C(=O)OC(C)(C)C)CC2)c2cc(C)ccc12.COC(=O)c1cc(=O)n(CCN2CCC(NCc3ccc4c(c3)OCCO4)CC2)c2cc(C)ccc12. The molecule has 6 heterocycles. The Morgan fingerprint density at radius 1 is 0.582 bits per heavy atom. The fraction of sp³-hybridized carbons (Fsp3) is 0.459.